The molecule has 2 aliphatic carbocycles. The first kappa shape index (κ1) is 32.2. The summed E-state index contributed by atoms with van der Waals surface area (Å²) >= 11 is 0. The molecule has 0 heterocycles. The van der Waals surface area contributed by atoms with E-state index in [1.54, 1.807) is 12.1 Å². The molecule has 238 valence electrons. The van der Waals surface area contributed by atoms with Crippen LogP contribution in [0.3, 0.4) is 0 Å². The largest absolute Gasteiger partial charge is 0.573 e. The Balaban J connectivity index is 1.23. The highest BCUT2D eigenvalue weighted by Crippen LogP contribution is 2.45. The van der Waals surface area contributed by atoms with Crippen LogP contribution in [0.4, 0.5) is 39.5 Å². The molecule has 1 saturated carbocycles. The number of hydrogen-bond acceptors (Lipinski definition) is 1. The lowest BCUT2D eigenvalue weighted by Crippen LogP contribution is -2.21. The van der Waals surface area contributed by atoms with Crippen LogP contribution in [-0.2, 0) is 25.7 Å². The average Bonchev–Trinajstić information content (AvgIpc) is 2.97. The number of halogens is 9. The lowest BCUT2D eigenvalue weighted by Gasteiger charge is -2.32. The molecule has 3 aromatic carbocycles. The Morgan fingerprint density at radius 3 is 2.00 bits per heavy atom. The summed E-state index contributed by atoms with van der Waals surface area (Å²) in [4.78, 5) is 0. The van der Waals surface area contributed by atoms with Gasteiger partial charge in [0.1, 0.15) is 11.6 Å². The van der Waals surface area contributed by atoms with Gasteiger partial charge in [-0.1, -0.05) is 31.5 Å². The predicted octanol–water partition coefficient (Wildman–Crippen LogP) is 10.6. The number of aryl methyl sites for hydroxylation is 2. The lowest BCUT2D eigenvalue weighted by molar-refractivity contribution is -0.275. The predicted molar refractivity (Wildman–Crippen MR) is 148 cm³/mol. The normalized spacial score (nSPS) is 20.5. The minimum Gasteiger partial charge on any atom is -0.403 e. The van der Waals surface area contributed by atoms with Crippen LogP contribution in [0.15, 0.2) is 30.3 Å². The highest BCUT2D eigenvalue weighted by Gasteiger charge is 2.35. The number of rotatable bonds is 8. The van der Waals surface area contributed by atoms with Crippen molar-refractivity contribution in [2.24, 2.45) is 5.92 Å². The molecule has 0 saturated heterocycles. The third-order valence-corrected chi connectivity index (χ3v) is 9.22. The number of alkyl halides is 3. The van der Waals surface area contributed by atoms with Gasteiger partial charge in [-0.2, -0.15) is 4.39 Å². The van der Waals surface area contributed by atoms with Gasteiger partial charge >= 0.3 is 6.36 Å². The van der Waals surface area contributed by atoms with Crippen LogP contribution in [0.2, 0.25) is 0 Å². The SMILES string of the molecule is CCCc1ccc(CCC2CCc3c(cc(F)c(C4CCC(c5ccc(OC(F)(F)F)c(F)c5F)CC4)c3F)C2)c(F)c1F. The molecule has 0 aromatic heterocycles. The quantitative estimate of drug-likeness (QED) is 0.226. The van der Waals surface area contributed by atoms with Crippen LogP contribution in [0, 0.1) is 40.8 Å². The molecule has 0 N–H and O–H groups in total. The fourth-order valence-electron chi connectivity index (χ4n) is 6.96. The molecular formula is C34H33F9O. The highest BCUT2D eigenvalue weighted by molar-refractivity contribution is 5.40. The molecule has 1 atom stereocenters. The standard InChI is InChI=1S/C34H33F9O/c1-2-3-21-11-12-22(30(37)29(21)36)6-4-18-5-13-25-23(16-18)17-26(35)28(31(25)38)20-9-7-19(8-10-20)24-14-15-27(33(40)32(24)39)44-34(41,42)43/h11-12,14-15,17-20H,2-10,13,16H2,1H3. The van der Waals surface area contributed by atoms with Gasteiger partial charge in [0.25, 0.3) is 0 Å². The maximum Gasteiger partial charge on any atom is 0.573 e. The van der Waals surface area contributed by atoms with Gasteiger partial charge in [0, 0.05) is 5.56 Å². The molecule has 44 heavy (non-hydrogen) atoms. The van der Waals surface area contributed by atoms with E-state index in [2.05, 4.69) is 4.74 Å². The van der Waals surface area contributed by atoms with Crippen molar-refractivity contribution in [3.8, 4) is 5.75 Å². The first-order valence-electron chi connectivity index (χ1n) is 15.1. The molecule has 1 fully saturated rings. The highest BCUT2D eigenvalue weighted by atomic mass is 19.4. The zero-order valence-corrected chi connectivity index (χ0v) is 24.2. The number of fused-ring (bicyclic) bond motifs is 1. The van der Waals surface area contributed by atoms with Gasteiger partial charge in [-0.3, -0.25) is 0 Å². The van der Waals surface area contributed by atoms with Crippen molar-refractivity contribution in [2.45, 2.75) is 95.8 Å². The Morgan fingerprint density at radius 2 is 1.36 bits per heavy atom. The van der Waals surface area contributed by atoms with Crippen LogP contribution in [-0.4, -0.2) is 6.36 Å². The summed E-state index contributed by atoms with van der Waals surface area (Å²) in [5.41, 5.74) is 1.56. The molecule has 0 spiro atoms. The fourth-order valence-corrected chi connectivity index (χ4v) is 6.96. The van der Waals surface area contributed by atoms with E-state index in [0.29, 0.717) is 80.0 Å². The van der Waals surface area contributed by atoms with Gasteiger partial charge in [0.05, 0.1) is 0 Å². The monoisotopic (exact) mass is 628 g/mol. The maximum absolute atomic E-state index is 15.7. The summed E-state index contributed by atoms with van der Waals surface area (Å²) in [6, 6.07) is 6.39. The van der Waals surface area contributed by atoms with Crippen molar-refractivity contribution in [1.82, 2.24) is 0 Å². The Hall–Kier alpha value is -3.17. The summed E-state index contributed by atoms with van der Waals surface area (Å²) in [7, 11) is 0. The molecule has 0 aliphatic heterocycles. The van der Waals surface area contributed by atoms with Crippen molar-refractivity contribution in [3.63, 3.8) is 0 Å². The van der Waals surface area contributed by atoms with Gasteiger partial charge in [-0.05, 0) is 122 Å². The molecule has 0 radical (unpaired) electrons. The second-order valence-electron chi connectivity index (χ2n) is 12.0. The average molecular weight is 629 g/mol. The molecular weight excluding hydrogens is 595 g/mol. The molecule has 1 unspecified atom stereocenters. The fraction of sp³-hybridized carbons (Fsp3) is 0.471. The summed E-state index contributed by atoms with van der Waals surface area (Å²) < 4.78 is 130. The second kappa shape index (κ2) is 13.1. The zero-order valence-electron chi connectivity index (χ0n) is 24.2. The van der Waals surface area contributed by atoms with Gasteiger partial charge in [0.2, 0.25) is 5.82 Å². The molecule has 0 amide bonds. The molecule has 1 nitrogen and oxygen atoms in total. The van der Waals surface area contributed by atoms with Crippen LogP contribution in [0.5, 0.6) is 5.75 Å². The van der Waals surface area contributed by atoms with Crippen LogP contribution < -0.4 is 4.74 Å². The van der Waals surface area contributed by atoms with E-state index in [-0.39, 0.29) is 29.9 Å². The Labute approximate surface area is 250 Å². The van der Waals surface area contributed by atoms with E-state index in [4.69, 9.17) is 0 Å². The van der Waals surface area contributed by atoms with Gasteiger partial charge in [0.15, 0.2) is 23.2 Å². The van der Waals surface area contributed by atoms with Gasteiger partial charge < -0.3 is 4.74 Å². The third kappa shape index (κ3) is 6.74. The van der Waals surface area contributed by atoms with Crippen LogP contribution in [0.1, 0.15) is 97.1 Å². The first-order valence-corrected chi connectivity index (χ1v) is 15.1. The summed E-state index contributed by atoms with van der Waals surface area (Å²) in [5, 5.41) is 0. The minimum atomic E-state index is -5.17. The van der Waals surface area contributed by atoms with E-state index in [1.165, 1.54) is 6.07 Å². The van der Waals surface area contributed by atoms with Crippen LogP contribution >= 0.6 is 0 Å². The number of benzene rings is 3. The zero-order chi connectivity index (χ0) is 31.8. The van der Waals surface area contributed by atoms with Crippen LogP contribution in [0.25, 0.3) is 0 Å². The van der Waals surface area contributed by atoms with Crippen molar-refractivity contribution >= 4 is 0 Å². The Bertz CT molecular complexity index is 1510. The van der Waals surface area contributed by atoms with E-state index in [9.17, 15) is 30.7 Å². The minimum absolute atomic E-state index is 0.0223. The van der Waals surface area contributed by atoms with Crippen molar-refractivity contribution in [1.29, 1.82) is 0 Å². The van der Waals surface area contributed by atoms with E-state index in [1.807, 2.05) is 6.92 Å². The lowest BCUT2D eigenvalue weighted by atomic mass is 9.74. The van der Waals surface area contributed by atoms with E-state index < -0.39 is 58.9 Å². The summed E-state index contributed by atoms with van der Waals surface area (Å²) in [6.07, 6.45) is -0.564. The molecule has 5 rings (SSSR count). The van der Waals surface area contributed by atoms with Crippen molar-refractivity contribution in [3.05, 3.63) is 98.6 Å². The van der Waals surface area contributed by atoms with Crippen molar-refractivity contribution in [2.75, 3.05) is 0 Å². The first-order chi connectivity index (χ1) is 20.9. The molecule has 2 aliphatic rings. The Morgan fingerprint density at radius 1 is 0.727 bits per heavy atom. The van der Waals surface area contributed by atoms with Crippen molar-refractivity contribution < 1.29 is 44.3 Å². The molecule has 10 heteroatoms. The van der Waals surface area contributed by atoms with E-state index >= 15 is 8.78 Å². The van der Waals surface area contributed by atoms with Gasteiger partial charge in [-0.15, -0.1) is 13.2 Å². The summed E-state index contributed by atoms with van der Waals surface area (Å²) in [5.74, 6) is -8.25. The second-order valence-corrected chi connectivity index (χ2v) is 12.0. The topological polar surface area (TPSA) is 9.23 Å². The smallest absolute Gasteiger partial charge is 0.403 e. The number of hydrogen-bond donors (Lipinski definition) is 0. The number of ether oxygens (including phenoxy) is 1. The molecule has 0 bridgehead atoms. The van der Waals surface area contributed by atoms with Gasteiger partial charge in [-0.25, -0.2) is 22.0 Å². The van der Waals surface area contributed by atoms with E-state index in [0.717, 1.165) is 12.1 Å². The molecule has 3 aromatic rings. The Kier molecular flexibility index (Phi) is 9.56. The maximum atomic E-state index is 15.7. The summed E-state index contributed by atoms with van der Waals surface area (Å²) in [6.45, 7) is 1.89. The third-order valence-electron chi connectivity index (χ3n) is 9.22.